The van der Waals surface area contributed by atoms with Crippen LogP contribution in [0.2, 0.25) is 0 Å². The Labute approximate surface area is 116 Å². The van der Waals surface area contributed by atoms with Crippen LogP contribution >= 0.6 is 0 Å². The Morgan fingerprint density at radius 3 is 2.26 bits per heavy atom. The summed E-state index contributed by atoms with van der Waals surface area (Å²) >= 11 is 0. The van der Waals surface area contributed by atoms with Gasteiger partial charge in [0.1, 0.15) is 0 Å². The second-order valence-corrected chi connectivity index (χ2v) is 5.95. The topological polar surface area (TPSA) is 33.0 Å². The van der Waals surface area contributed by atoms with E-state index < -0.39 is 0 Å². The first-order chi connectivity index (χ1) is 9.14. The molecule has 0 N–H and O–H groups in total. The number of nitrogens with zero attached hydrogens (tertiary/aromatic N) is 1. The number of hydrogen-bond donors (Lipinski definition) is 0. The second kappa shape index (κ2) is 5.75. The summed E-state index contributed by atoms with van der Waals surface area (Å²) in [7, 11) is 0. The van der Waals surface area contributed by atoms with Gasteiger partial charge in [-0.2, -0.15) is 5.26 Å². The number of benzene rings is 1. The Kier molecular flexibility index (Phi) is 4.27. The van der Waals surface area contributed by atoms with Crippen LogP contribution in [0.1, 0.15) is 38.3 Å². The average Bonchev–Trinajstić information content (AvgIpc) is 2.34. The molecule has 1 heterocycles. The molecule has 1 aliphatic rings. The highest BCUT2D eigenvalue weighted by atomic mass is 16.5. The molecular formula is C17H23NO. The zero-order valence-corrected chi connectivity index (χ0v) is 12.1. The molecular weight excluding hydrogens is 234 g/mol. The molecule has 2 nitrogen and oxygen atoms in total. The molecule has 1 unspecified atom stereocenters. The van der Waals surface area contributed by atoms with Crippen LogP contribution in [0, 0.1) is 23.2 Å². The predicted octanol–water partition coefficient (Wildman–Crippen LogP) is 3.70. The Bertz CT molecular complexity index is 451. The van der Waals surface area contributed by atoms with Crippen molar-refractivity contribution >= 4 is 0 Å². The van der Waals surface area contributed by atoms with E-state index in [9.17, 15) is 5.26 Å². The number of nitriles is 1. The van der Waals surface area contributed by atoms with Gasteiger partial charge in [0.05, 0.1) is 30.6 Å². The zero-order valence-electron chi connectivity index (χ0n) is 12.1. The van der Waals surface area contributed by atoms with Gasteiger partial charge in [0.15, 0.2) is 0 Å². The molecule has 1 aromatic rings. The maximum atomic E-state index is 9.49. The van der Waals surface area contributed by atoms with Gasteiger partial charge in [0.2, 0.25) is 0 Å². The van der Waals surface area contributed by atoms with Gasteiger partial charge in [0.25, 0.3) is 0 Å². The van der Waals surface area contributed by atoms with Crippen molar-refractivity contribution in [2.45, 2.75) is 39.0 Å². The van der Waals surface area contributed by atoms with E-state index in [1.54, 1.807) is 0 Å². The molecule has 0 aromatic heterocycles. The molecule has 1 aliphatic heterocycles. The van der Waals surface area contributed by atoms with Gasteiger partial charge in [0, 0.05) is 0 Å². The summed E-state index contributed by atoms with van der Waals surface area (Å²) in [6.45, 7) is 7.80. The maximum absolute atomic E-state index is 9.49. The molecule has 1 atom stereocenters. The minimum absolute atomic E-state index is 0.0262. The fraction of sp³-hybridized carbons (Fsp3) is 0.588. The number of rotatable bonds is 5. The van der Waals surface area contributed by atoms with Crippen LogP contribution in [0.25, 0.3) is 0 Å². The van der Waals surface area contributed by atoms with E-state index in [4.69, 9.17) is 4.74 Å². The summed E-state index contributed by atoms with van der Waals surface area (Å²) in [5, 5.41) is 9.49. The summed E-state index contributed by atoms with van der Waals surface area (Å²) in [5.41, 5.74) is 2.55. The van der Waals surface area contributed by atoms with Gasteiger partial charge in [-0.1, -0.05) is 51.5 Å². The normalized spacial score (nSPS) is 18.7. The van der Waals surface area contributed by atoms with Crippen molar-refractivity contribution in [3.8, 4) is 6.07 Å². The van der Waals surface area contributed by atoms with Crippen molar-refractivity contribution in [2.24, 2.45) is 11.8 Å². The van der Waals surface area contributed by atoms with E-state index in [0.717, 1.165) is 6.42 Å². The highest BCUT2D eigenvalue weighted by Crippen LogP contribution is 2.42. The molecule has 1 saturated heterocycles. The third kappa shape index (κ3) is 2.53. The third-order valence-corrected chi connectivity index (χ3v) is 4.19. The van der Waals surface area contributed by atoms with Crippen molar-refractivity contribution in [1.29, 1.82) is 5.26 Å². The van der Waals surface area contributed by atoms with E-state index in [2.05, 4.69) is 51.1 Å². The smallest absolute Gasteiger partial charge is 0.0669 e. The van der Waals surface area contributed by atoms with Gasteiger partial charge in [-0.3, -0.25) is 0 Å². The van der Waals surface area contributed by atoms with Crippen LogP contribution in [0.3, 0.4) is 0 Å². The van der Waals surface area contributed by atoms with Gasteiger partial charge in [-0.25, -0.2) is 0 Å². The lowest BCUT2D eigenvalue weighted by atomic mass is 9.65. The molecule has 102 valence electrons. The molecule has 1 aromatic carbocycles. The molecule has 0 radical (unpaired) electrons. The Morgan fingerprint density at radius 2 is 1.89 bits per heavy atom. The fourth-order valence-corrected chi connectivity index (χ4v) is 3.05. The fourth-order valence-electron chi connectivity index (χ4n) is 3.05. The summed E-state index contributed by atoms with van der Waals surface area (Å²) in [6, 6.07) is 11.3. The minimum atomic E-state index is -0.0896. The number of hydrogen-bond acceptors (Lipinski definition) is 2. The Hall–Kier alpha value is -1.33. The molecule has 1 fully saturated rings. The zero-order chi connectivity index (χ0) is 13.9. The molecule has 2 heteroatoms. The average molecular weight is 257 g/mol. The van der Waals surface area contributed by atoms with Crippen molar-refractivity contribution in [3.05, 3.63) is 35.4 Å². The molecule has 0 aliphatic carbocycles. The summed E-state index contributed by atoms with van der Waals surface area (Å²) in [4.78, 5) is 0. The number of aryl methyl sites for hydroxylation is 1. The quantitative estimate of drug-likeness (QED) is 0.805. The Morgan fingerprint density at radius 1 is 1.26 bits per heavy atom. The van der Waals surface area contributed by atoms with Crippen LogP contribution in [0.5, 0.6) is 0 Å². The Balaban J connectivity index is 2.28. The second-order valence-electron chi connectivity index (χ2n) is 5.95. The van der Waals surface area contributed by atoms with Gasteiger partial charge < -0.3 is 4.74 Å². The van der Waals surface area contributed by atoms with Gasteiger partial charge in [-0.15, -0.1) is 0 Å². The van der Waals surface area contributed by atoms with E-state index in [-0.39, 0.29) is 11.3 Å². The number of ether oxygens (including phenoxy) is 1. The largest absolute Gasteiger partial charge is 0.379 e. The van der Waals surface area contributed by atoms with E-state index in [1.807, 2.05) is 0 Å². The molecule has 2 rings (SSSR count). The lowest BCUT2D eigenvalue weighted by Gasteiger charge is -2.46. The summed E-state index contributed by atoms with van der Waals surface area (Å²) < 4.78 is 5.45. The van der Waals surface area contributed by atoms with Crippen molar-refractivity contribution in [2.75, 3.05) is 13.2 Å². The maximum Gasteiger partial charge on any atom is 0.0669 e. The lowest BCUT2D eigenvalue weighted by Crippen LogP contribution is -2.53. The molecule has 0 spiro atoms. The summed E-state index contributed by atoms with van der Waals surface area (Å²) in [5.74, 6) is 0.377. The lowest BCUT2D eigenvalue weighted by molar-refractivity contribution is -0.0876. The first kappa shape index (κ1) is 14.1. The van der Waals surface area contributed by atoms with Crippen LogP contribution < -0.4 is 0 Å². The first-order valence-corrected chi connectivity index (χ1v) is 7.21. The SMILES string of the molecule is CCCc1ccc(C2(C(C#N)C(C)C)COC2)cc1. The molecule has 0 bridgehead atoms. The van der Waals surface area contributed by atoms with E-state index in [1.165, 1.54) is 17.5 Å². The molecule has 19 heavy (non-hydrogen) atoms. The van der Waals surface area contributed by atoms with Crippen LogP contribution in [0.4, 0.5) is 0 Å². The van der Waals surface area contributed by atoms with Crippen LogP contribution in [-0.2, 0) is 16.6 Å². The van der Waals surface area contributed by atoms with Crippen molar-refractivity contribution in [1.82, 2.24) is 0 Å². The van der Waals surface area contributed by atoms with Gasteiger partial charge in [-0.05, 0) is 23.5 Å². The van der Waals surface area contributed by atoms with E-state index >= 15 is 0 Å². The van der Waals surface area contributed by atoms with E-state index in [0.29, 0.717) is 19.1 Å². The van der Waals surface area contributed by atoms with Crippen LogP contribution in [-0.4, -0.2) is 13.2 Å². The standard InChI is InChI=1S/C17H23NO/c1-4-5-14-6-8-15(9-7-14)17(11-19-12-17)16(10-18)13(2)3/h6-9,13,16H,4-5,11-12H2,1-3H3. The highest BCUT2D eigenvalue weighted by Gasteiger charge is 2.48. The highest BCUT2D eigenvalue weighted by molar-refractivity contribution is 5.34. The molecule has 0 amide bonds. The predicted molar refractivity (Wildman–Crippen MR) is 76.9 cm³/mol. The minimum Gasteiger partial charge on any atom is -0.379 e. The molecule has 0 saturated carbocycles. The summed E-state index contributed by atoms with van der Waals surface area (Å²) in [6.07, 6.45) is 2.29. The first-order valence-electron chi connectivity index (χ1n) is 7.21. The third-order valence-electron chi connectivity index (χ3n) is 4.19. The van der Waals surface area contributed by atoms with Crippen molar-refractivity contribution < 1.29 is 4.74 Å². The monoisotopic (exact) mass is 257 g/mol. The van der Waals surface area contributed by atoms with Gasteiger partial charge >= 0.3 is 0 Å². The van der Waals surface area contributed by atoms with Crippen molar-refractivity contribution in [3.63, 3.8) is 0 Å². The van der Waals surface area contributed by atoms with Crippen LogP contribution in [0.15, 0.2) is 24.3 Å².